The molecule has 0 aliphatic carbocycles. The zero-order chi connectivity index (χ0) is 16.9. The summed E-state index contributed by atoms with van der Waals surface area (Å²) in [6, 6.07) is 18.7. The highest BCUT2D eigenvalue weighted by molar-refractivity contribution is 9.11. The molecule has 2 N–H and O–H groups in total. The number of aromatic nitrogens is 1. The standard InChI is InChI=1S/C18H13Br2N3O/c19-13-9-12(10-14(20)11-13)18(24)23-16-7-4-8-21-17(16)22-15-5-2-1-3-6-15/h1-11H,(H,21,22)(H,23,24). The topological polar surface area (TPSA) is 54.0 Å². The number of benzene rings is 2. The van der Waals surface area contributed by atoms with E-state index in [2.05, 4.69) is 47.5 Å². The third kappa shape index (κ3) is 4.21. The molecule has 1 aromatic heterocycles. The van der Waals surface area contributed by atoms with Crippen molar-refractivity contribution >= 4 is 55.0 Å². The molecule has 4 nitrogen and oxygen atoms in total. The maximum absolute atomic E-state index is 12.5. The first-order valence-corrected chi connectivity index (χ1v) is 8.75. The number of rotatable bonds is 4. The molecule has 24 heavy (non-hydrogen) atoms. The van der Waals surface area contributed by atoms with Crippen molar-refractivity contribution in [2.45, 2.75) is 0 Å². The summed E-state index contributed by atoms with van der Waals surface area (Å²) in [4.78, 5) is 16.8. The predicted molar refractivity (Wildman–Crippen MR) is 104 cm³/mol. The van der Waals surface area contributed by atoms with Crippen molar-refractivity contribution in [1.29, 1.82) is 0 Å². The molecule has 1 amide bonds. The minimum Gasteiger partial charge on any atom is -0.339 e. The van der Waals surface area contributed by atoms with Crippen LogP contribution in [0.1, 0.15) is 10.4 Å². The fourth-order valence-corrected chi connectivity index (χ4v) is 3.44. The first-order chi connectivity index (χ1) is 11.6. The van der Waals surface area contributed by atoms with Crippen LogP contribution in [0.15, 0.2) is 75.8 Å². The van der Waals surface area contributed by atoms with Crippen molar-refractivity contribution in [3.05, 3.63) is 81.4 Å². The largest absolute Gasteiger partial charge is 0.339 e. The molecule has 2 aromatic carbocycles. The highest BCUT2D eigenvalue weighted by atomic mass is 79.9. The van der Waals surface area contributed by atoms with Crippen LogP contribution in [0, 0.1) is 0 Å². The summed E-state index contributed by atoms with van der Waals surface area (Å²) in [5.74, 6) is 0.382. The maximum Gasteiger partial charge on any atom is 0.255 e. The van der Waals surface area contributed by atoms with Gasteiger partial charge in [-0.2, -0.15) is 0 Å². The van der Waals surface area contributed by atoms with Crippen LogP contribution in [0.25, 0.3) is 0 Å². The number of nitrogens with one attached hydrogen (secondary N) is 2. The third-order valence-corrected chi connectivity index (χ3v) is 4.13. The minimum absolute atomic E-state index is 0.207. The highest BCUT2D eigenvalue weighted by Gasteiger charge is 2.11. The summed E-state index contributed by atoms with van der Waals surface area (Å²) in [6.07, 6.45) is 1.68. The van der Waals surface area contributed by atoms with Gasteiger partial charge in [-0.1, -0.05) is 50.1 Å². The Bertz CT molecular complexity index is 849. The lowest BCUT2D eigenvalue weighted by Crippen LogP contribution is -2.13. The van der Waals surface area contributed by atoms with Crippen LogP contribution in [0.4, 0.5) is 17.2 Å². The molecule has 0 spiro atoms. The molecule has 0 saturated heterocycles. The smallest absolute Gasteiger partial charge is 0.255 e. The number of hydrogen-bond acceptors (Lipinski definition) is 3. The molecular weight excluding hydrogens is 434 g/mol. The van der Waals surface area contributed by atoms with Crippen molar-refractivity contribution in [3.63, 3.8) is 0 Å². The van der Waals surface area contributed by atoms with E-state index in [1.165, 1.54) is 0 Å². The lowest BCUT2D eigenvalue weighted by Gasteiger charge is -2.12. The molecule has 1 heterocycles. The summed E-state index contributed by atoms with van der Waals surface area (Å²) in [5, 5.41) is 6.10. The second kappa shape index (κ2) is 7.59. The predicted octanol–water partition coefficient (Wildman–Crippen LogP) is 5.60. The summed E-state index contributed by atoms with van der Waals surface area (Å²) in [5.41, 5.74) is 2.06. The molecule has 120 valence electrons. The van der Waals surface area contributed by atoms with E-state index in [4.69, 9.17) is 0 Å². The summed E-state index contributed by atoms with van der Waals surface area (Å²) in [7, 11) is 0. The van der Waals surface area contributed by atoms with Gasteiger partial charge in [0.15, 0.2) is 5.82 Å². The average Bonchev–Trinajstić information content (AvgIpc) is 2.56. The van der Waals surface area contributed by atoms with Crippen LogP contribution in [-0.2, 0) is 0 Å². The molecule has 6 heteroatoms. The number of nitrogens with zero attached hydrogens (tertiary/aromatic N) is 1. The van der Waals surface area contributed by atoms with E-state index in [-0.39, 0.29) is 5.91 Å². The second-order valence-electron chi connectivity index (χ2n) is 5.00. The number of amides is 1. The first-order valence-electron chi connectivity index (χ1n) is 7.16. The van der Waals surface area contributed by atoms with Crippen LogP contribution in [0.5, 0.6) is 0 Å². The van der Waals surface area contributed by atoms with Gasteiger partial charge in [0.05, 0.1) is 5.69 Å². The normalized spacial score (nSPS) is 10.2. The zero-order valence-electron chi connectivity index (χ0n) is 12.5. The van der Waals surface area contributed by atoms with Crippen LogP contribution in [-0.4, -0.2) is 10.9 Å². The van der Waals surface area contributed by atoms with Crippen molar-refractivity contribution in [3.8, 4) is 0 Å². The number of pyridine rings is 1. The fraction of sp³-hybridized carbons (Fsp3) is 0. The third-order valence-electron chi connectivity index (χ3n) is 3.22. The van der Waals surface area contributed by atoms with Gasteiger partial charge < -0.3 is 10.6 Å². The van der Waals surface area contributed by atoms with Crippen molar-refractivity contribution in [2.24, 2.45) is 0 Å². The Morgan fingerprint density at radius 2 is 1.62 bits per heavy atom. The average molecular weight is 447 g/mol. The molecule has 0 radical (unpaired) electrons. The van der Waals surface area contributed by atoms with Gasteiger partial charge in [0.25, 0.3) is 5.91 Å². The quantitative estimate of drug-likeness (QED) is 0.548. The number of hydrogen-bond donors (Lipinski definition) is 2. The van der Waals surface area contributed by atoms with Crippen LogP contribution in [0.2, 0.25) is 0 Å². The molecule has 0 saturated carbocycles. The lowest BCUT2D eigenvalue weighted by atomic mass is 10.2. The number of anilines is 3. The van der Waals surface area contributed by atoms with Crippen LogP contribution >= 0.6 is 31.9 Å². The monoisotopic (exact) mass is 445 g/mol. The maximum atomic E-state index is 12.5. The number of para-hydroxylation sites is 1. The van der Waals surface area contributed by atoms with Crippen molar-refractivity contribution < 1.29 is 4.79 Å². The van der Waals surface area contributed by atoms with Gasteiger partial charge in [0.1, 0.15) is 0 Å². The molecule has 0 atom stereocenters. The van der Waals surface area contributed by atoms with Gasteiger partial charge in [-0.15, -0.1) is 0 Å². The van der Waals surface area contributed by atoms with Gasteiger partial charge in [-0.05, 0) is 42.5 Å². The highest BCUT2D eigenvalue weighted by Crippen LogP contribution is 2.25. The second-order valence-corrected chi connectivity index (χ2v) is 6.83. The first kappa shape index (κ1) is 16.7. The number of carbonyl (C=O) groups excluding carboxylic acids is 1. The summed E-state index contributed by atoms with van der Waals surface area (Å²) < 4.78 is 1.66. The summed E-state index contributed by atoms with van der Waals surface area (Å²) in [6.45, 7) is 0. The van der Waals surface area contributed by atoms with Gasteiger partial charge in [0, 0.05) is 26.4 Å². The van der Waals surface area contributed by atoms with Gasteiger partial charge in [-0.3, -0.25) is 4.79 Å². The molecule has 0 fully saturated rings. The Kier molecular flexibility index (Phi) is 5.27. The van der Waals surface area contributed by atoms with E-state index < -0.39 is 0 Å². The van der Waals surface area contributed by atoms with E-state index in [0.717, 1.165) is 14.6 Å². The fourth-order valence-electron chi connectivity index (χ4n) is 2.14. The Morgan fingerprint density at radius 1 is 0.917 bits per heavy atom. The molecular formula is C18H13Br2N3O. The summed E-state index contributed by atoms with van der Waals surface area (Å²) >= 11 is 6.78. The lowest BCUT2D eigenvalue weighted by molar-refractivity contribution is 0.102. The number of carbonyl (C=O) groups is 1. The zero-order valence-corrected chi connectivity index (χ0v) is 15.6. The van der Waals surface area contributed by atoms with E-state index in [9.17, 15) is 4.79 Å². The van der Waals surface area contributed by atoms with Gasteiger partial charge in [0.2, 0.25) is 0 Å². The molecule has 0 unspecified atom stereocenters. The van der Waals surface area contributed by atoms with E-state index in [1.807, 2.05) is 42.5 Å². The van der Waals surface area contributed by atoms with E-state index in [0.29, 0.717) is 17.1 Å². The molecule has 3 rings (SSSR count). The van der Waals surface area contributed by atoms with E-state index in [1.54, 1.807) is 24.4 Å². The molecule has 3 aromatic rings. The Labute approximate surface area is 156 Å². The Hall–Kier alpha value is -2.18. The molecule has 0 aliphatic heterocycles. The minimum atomic E-state index is -0.207. The molecule has 0 bridgehead atoms. The Morgan fingerprint density at radius 3 is 2.33 bits per heavy atom. The van der Waals surface area contributed by atoms with Crippen molar-refractivity contribution in [2.75, 3.05) is 10.6 Å². The van der Waals surface area contributed by atoms with Gasteiger partial charge >= 0.3 is 0 Å². The van der Waals surface area contributed by atoms with Crippen molar-refractivity contribution in [1.82, 2.24) is 4.98 Å². The SMILES string of the molecule is O=C(Nc1cccnc1Nc1ccccc1)c1cc(Br)cc(Br)c1. The van der Waals surface area contributed by atoms with E-state index >= 15 is 0 Å². The molecule has 0 aliphatic rings. The Balaban J connectivity index is 1.83. The van der Waals surface area contributed by atoms with Gasteiger partial charge in [-0.25, -0.2) is 4.98 Å². The number of halogens is 2. The van der Waals surface area contributed by atoms with Crippen LogP contribution in [0.3, 0.4) is 0 Å². The van der Waals surface area contributed by atoms with Crippen LogP contribution < -0.4 is 10.6 Å².